The number of carbonyl (C=O) groups is 1. The Bertz CT molecular complexity index is 1040. The monoisotopic (exact) mass is 361 g/mol. The van der Waals surface area contributed by atoms with E-state index in [9.17, 15) is 10.1 Å². The van der Waals surface area contributed by atoms with E-state index < -0.39 is 0 Å². The molecule has 3 rings (SSSR count). The molecule has 0 bridgehead atoms. The van der Waals surface area contributed by atoms with Crippen LogP contribution in [0.15, 0.2) is 30.3 Å². The Morgan fingerprint density at radius 3 is 2.52 bits per heavy atom. The number of aryl methyl sites for hydroxylation is 3. The smallest absolute Gasteiger partial charge is 0.310 e. The van der Waals surface area contributed by atoms with Gasteiger partial charge in [-0.15, -0.1) is 0 Å². The number of ether oxygens (including phenoxy) is 1. The molecule has 0 radical (unpaired) electrons. The van der Waals surface area contributed by atoms with E-state index >= 15 is 0 Å². The van der Waals surface area contributed by atoms with Crippen molar-refractivity contribution >= 4 is 17.0 Å². The summed E-state index contributed by atoms with van der Waals surface area (Å²) in [6, 6.07) is 12.2. The predicted molar refractivity (Wildman–Crippen MR) is 105 cm³/mol. The van der Waals surface area contributed by atoms with Crippen molar-refractivity contribution in [1.29, 1.82) is 5.26 Å². The zero-order valence-electron chi connectivity index (χ0n) is 16.2. The fourth-order valence-corrected chi connectivity index (χ4v) is 3.42. The predicted octanol–water partition coefficient (Wildman–Crippen LogP) is 4.18. The molecule has 0 aliphatic carbocycles. The summed E-state index contributed by atoms with van der Waals surface area (Å²) in [5.41, 5.74) is 6.33. The molecule has 1 heterocycles. The third-order valence-corrected chi connectivity index (χ3v) is 4.74. The minimum atomic E-state index is -0.220. The minimum Gasteiger partial charge on any atom is -0.466 e. The van der Waals surface area contributed by atoms with Gasteiger partial charge in [-0.2, -0.15) is 5.26 Å². The molecule has 0 fully saturated rings. The van der Waals surface area contributed by atoms with Crippen LogP contribution in [-0.2, 0) is 22.4 Å². The number of nitrogens with zero attached hydrogens (tertiary/aromatic N) is 3. The maximum absolute atomic E-state index is 11.7. The molecule has 0 unspecified atom stereocenters. The lowest BCUT2D eigenvalue weighted by Crippen LogP contribution is -2.07. The highest BCUT2D eigenvalue weighted by Crippen LogP contribution is 2.28. The van der Waals surface area contributed by atoms with E-state index in [0.717, 1.165) is 45.7 Å². The standard InChI is InChI=1S/C22H23N3O2/c1-5-20-24-22-15(4)18(13-23)14(3)11-19(22)25(20)17-9-7-16(8-10-17)12-21(26)27-6-2/h7-11H,5-6,12H2,1-4H3. The topological polar surface area (TPSA) is 67.9 Å². The first kappa shape index (κ1) is 18.7. The van der Waals surface area contributed by atoms with Crippen LogP contribution < -0.4 is 0 Å². The van der Waals surface area contributed by atoms with Gasteiger partial charge in [0, 0.05) is 12.1 Å². The molecular formula is C22H23N3O2. The number of benzene rings is 2. The molecule has 138 valence electrons. The highest BCUT2D eigenvalue weighted by Gasteiger charge is 2.17. The Morgan fingerprint density at radius 1 is 1.22 bits per heavy atom. The van der Waals surface area contributed by atoms with Gasteiger partial charge in [-0.1, -0.05) is 19.1 Å². The number of fused-ring (bicyclic) bond motifs is 1. The SMILES string of the molecule is CCOC(=O)Cc1ccc(-n2c(CC)nc3c(C)c(C#N)c(C)cc32)cc1. The fourth-order valence-electron chi connectivity index (χ4n) is 3.42. The van der Waals surface area contributed by atoms with Crippen LogP contribution in [-0.4, -0.2) is 22.1 Å². The van der Waals surface area contributed by atoms with Crippen LogP contribution in [0.25, 0.3) is 16.7 Å². The summed E-state index contributed by atoms with van der Waals surface area (Å²) >= 11 is 0. The van der Waals surface area contributed by atoms with E-state index in [1.807, 2.05) is 44.2 Å². The van der Waals surface area contributed by atoms with Crippen LogP contribution in [0.2, 0.25) is 0 Å². The molecule has 0 saturated carbocycles. The van der Waals surface area contributed by atoms with Gasteiger partial charge >= 0.3 is 5.97 Å². The lowest BCUT2D eigenvalue weighted by atomic mass is 10.0. The second-order valence-electron chi connectivity index (χ2n) is 6.54. The summed E-state index contributed by atoms with van der Waals surface area (Å²) in [5.74, 6) is 0.726. The van der Waals surface area contributed by atoms with E-state index in [2.05, 4.69) is 17.6 Å². The average molecular weight is 361 g/mol. The molecular weight excluding hydrogens is 338 g/mol. The first-order chi connectivity index (χ1) is 13.0. The van der Waals surface area contributed by atoms with Gasteiger partial charge < -0.3 is 4.74 Å². The van der Waals surface area contributed by atoms with E-state index in [-0.39, 0.29) is 12.4 Å². The van der Waals surface area contributed by atoms with Crippen LogP contribution in [0.1, 0.15) is 41.9 Å². The van der Waals surface area contributed by atoms with Gasteiger partial charge in [-0.25, -0.2) is 4.98 Å². The summed E-state index contributed by atoms with van der Waals surface area (Å²) in [6.07, 6.45) is 1.04. The molecule has 0 aliphatic heterocycles. The van der Waals surface area contributed by atoms with Crippen LogP contribution in [0.3, 0.4) is 0 Å². The second kappa shape index (κ2) is 7.63. The van der Waals surface area contributed by atoms with Crippen molar-refractivity contribution in [3.8, 4) is 11.8 Å². The zero-order valence-corrected chi connectivity index (χ0v) is 16.2. The Balaban J connectivity index is 2.08. The number of hydrogen-bond donors (Lipinski definition) is 0. The molecule has 0 amide bonds. The number of rotatable bonds is 5. The van der Waals surface area contributed by atoms with Crippen LogP contribution in [0.4, 0.5) is 0 Å². The summed E-state index contributed by atoms with van der Waals surface area (Å²) in [4.78, 5) is 16.5. The van der Waals surface area contributed by atoms with Gasteiger partial charge in [-0.05, 0) is 55.7 Å². The van der Waals surface area contributed by atoms with Crippen molar-refractivity contribution in [2.45, 2.75) is 40.5 Å². The Kier molecular flexibility index (Phi) is 5.27. The van der Waals surface area contributed by atoms with E-state index in [1.165, 1.54) is 0 Å². The Labute approximate surface area is 159 Å². The van der Waals surface area contributed by atoms with Crippen molar-refractivity contribution in [1.82, 2.24) is 9.55 Å². The molecule has 0 spiro atoms. The number of nitriles is 1. The van der Waals surface area contributed by atoms with Crippen molar-refractivity contribution in [2.24, 2.45) is 0 Å². The highest BCUT2D eigenvalue weighted by molar-refractivity contribution is 5.85. The van der Waals surface area contributed by atoms with Crippen molar-refractivity contribution in [3.63, 3.8) is 0 Å². The first-order valence-corrected chi connectivity index (χ1v) is 9.16. The molecule has 0 aliphatic rings. The Morgan fingerprint density at radius 2 is 1.93 bits per heavy atom. The molecule has 1 aromatic heterocycles. The molecule has 2 aromatic carbocycles. The lowest BCUT2D eigenvalue weighted by molar-refractivity contribution is -0.142. The van der Waals surface area contributed by atoms with Gasteiger partial charge in [0.15, 0.2) is 0 Å². The lowest BCUT2D eigenvalue weighted by Gasteiger charge is -2.11. The van der Waals surface area contributed by atoms with Gasteiger partial charge in [0.05, 0.1) is 35.7 Å². The number of esters is 1. The average Bonchev–Trinajstić information content (AvgIpc) is 3.01. The number of aromatic nitrogens is 2. The van der Waals surface area contributed by atoms with Crippen LogP contribution in [0.5, 0.6) is 0 Å². The molecule has 5 nitrogen and oxygen atoms in total. The first-order valence-electron chi connectivity index (χ1n) is 9.16. The molecule has 3 aromatic rings. The van der Waals surface area contributed by atoms with E-state index in [4.69, 9.17) is 9.72 Å². The van der Waals surface area contributed by atoms with Crippen molar-refractivity contribution < 1.29 is 9.53 Å². The number of imidazole rings is 1. The van der Waals surface area contributed by atoms with E-state index in [0.29, 0.717) is 12.2 Å². The third kappa shape index (κ3) is 3.43. The summed E-state index contributed by atoms with van der Waals surface area (Å²) in [5, 5.41) is 9.43. The maximum atomic E-state index is 11.7. The second-order valence-corrected chi connectivity index (χ2v) is 6.54. The van der Waals surface area contributed by atoms with Crippen molar-refractivity contribution in [3.05, 3.63) is 58.4 Å². The minimum absolute atomic E-state index is 0.220. The molecule has 27 heavy (non-hydrogen) atoms. The summed E-state index contributed by atoms with van der Waals surface area (Å²) in [7, 11) is 0. The van der Waals surface area contributed by atoms with Gasteiger partial charge in [0.25, 0.3) is 0 Å². The molecule has 0 N–H and O–H groups in total. The van der Waals surface area contributed by atoms with Crippen LogP contribution >= 0.6 is 0 Å². The Hall–Kier alpha value is -3.13. The quantitative estimate of drug-likeness (QED) is 0.639. The summed E-state index contributed by atoms with van der Waals surface area (Å²) in [6.45, 7) is 8.17. The summed E-state index contributed by atoms with van der Waals surface area (Å²) < 4.78 is 7.14. The number of carbonyl (C=O) groups excluding carboxylic acids is 1. The molecule has 0 atom stereocenters. The highest BCUT2D eigenvalue weighted by atomic mass is 16.5. The van der Waals surface area contributed by atoms with Gasteiger partial charge in [-0.3, -0.25) is 9.36 Å². The normalized spacial score (nSPS) is 10.8. The van der Waals surface area contributed by atoms with Crippen molar-refractivity contribution in [2.75, 3.05) is 6.61 Å². The van der Waals surface area contributed by atoms with Crippen LogP contribution in [0, 0.1) is 25.2 Å². The van der Waals surface area contributed by atoms with Gasteiger partial charge in [0.2, 0.25) is 0 Å². The molecule has 0 saturated heterocycles. The van der Waals surface area contributed by atoms with E-state index in [1.54, 1.807) is 6.92 Å². The maximum Gasteiger partial charge on any atom is 0.310 e. The van der Waals surface area contributed by atoms with Gasteiger partial charge in [0.1, 0.15) is 5.82 Å². The zero-order chi connectivity index (χ0) is 19.6. The number of hydrogen-bond acceptors (Lipinski definition) is 4. The third-order valence-electron chi connectivity index (χ3n) is 4.74. The molecule has 5 heteroatoms. The fraction of sp³-hybridized carbons (Fsp3) is 0.318. The largest absolute Gasteiger partial charge is 0.466 e.